The van der Waals surface area contributed by atoms with Crippen LogP contribution in [0.15, 0.2) is 30.3 Å². The van der Waals surface area contributed by atoms with Crippen LogP contribution in [0.2, 0.25) is 0 Å². The molecule has 0 radical (unpaired) electrons. The number of esters is 2. The zero-order chi connectivity index (χ0) is 22.7. The maximum Gasteiger partial charge on any atom is 0.407 e. The first-order chi connectivity index (χ1) is 14.1. The van der Waals surface area contributed by atoms with Crippen LogP contribution in [0, 0.1) is 5.92 Å². The predicted molar refractivity (Wildman–Crippen MR) is 113 cm³/mol. The van der Waals surface area contributed by atoms with Crippen LogP contribution >= 0.6 is 0 Å². The second kappa shape index (κ2) is 12.2. The molecule has 1 amide bonds. The van der Waals surface area contributed by atoms with E-state index in [9.17, 15) is 14.4 Å². The third kappa shape index (κ3) is 9.73. The van der Waals surface area contributed by atoms with Gasteiger partial charge in [0.2, 0.25) is 0 Å². The summed E-state index contributed by atoms with van der Waals surface area (Å²) in [6.07, 6.45) is 0.208. The lowest BCUT2D eigenvalue weighted by molar-refractivity contribution is -0.147. The summed E-state index contributed by atoms with van der Waals surface area (Å²) in [6.45, 7) is 7.33. The fourth-order valence-corrected chi connectivity index (χ4v) is 2.89. The van der Waals surface area contributed by atoms with E-state index >= 15 is 0 Å². The molecule has 8 nitrogen and oxygen atoms in total. The lowest BCUT2D eigenvalue weighted by Crippen LogP contribution is -2.50. The minimum Gasteiger partial charge on any atom is -0.469 e. The maximum atomic E-state index is 12.3. The zero-order valence-electron chi connectivity index (χ0n) is 18.7. The van der Waals surface area contributed by atoms with E-state index in [0.717, 1.165) is 5.56 Å². The van der Waals surface area contributed by atoms with Gasteiger partial charge in [0.1, 0.15) is 11.6 Å². The van der Waals surface area contributed by atoms with Crippen LogP contribution < -0.4 is 10.6 Å². The second-order valence-electron chi connectivity index (χ2n) is 8.18. The molecule has 0 saturated carbocycles. The van der Waals surface area contributed by atoms with E-state index in [-0.39, 0.29) is 19.0 Å². The lowest BCUT2D eigenvalue weighted by Gasteiger charge is -2.26. The fraction of sp³-hybridized carbons (Fsp3) is 0.591. The Morgan fingerprint density at radius 1 is 1.00 bits per heavy atom. The maximum absolute atomic E-state index is 12.3. The number of methoxy groups -OCH3 is 2. The molecule has 0 fully saturated rings. The van der Waals surface area contributed by atoms with Crippen molar-refractivity contribution in [3.63, 3.8) is 0 Å². The molecule has 0 aliphatic heterocycles. The van der Waals surface area contributed by atoms with Crippen LogP contribution in [0.1, 0.15) is 39.7 Å². The molecule has 0 aliphatic carbocycles. The highest BCUT2D eigenvalue weighted by Gasteiger charge is 2.27. The summed E-state index contributed by atoms with van der Waals surface area (Å²) in [6, 6.07) is 8.61. The van der Waals surface area contributed by atoms with Crippen molar-refractivity contribution in [2.75, 3.05) is 20.8 Å². The van der Waals surface area contributed by atoms with Crippen molar-refractivity contribution in [2.45, 2.75) is 58.2 Å². The molecule has 8 heteroatoms. The van der Waals surface area contributed by atoms with Gasteiger partial charge < -0.3 is 24.8 Å². The first-order valence-electron chi connectivity index (χ1n) is 9.98. The number of nitrogens with one attached hydrogen (secondary N) is 2. The van der Waals surface area contributed by atoms with Crippen LogP contribution in [-0.2, 0) is 30.2 Å². The van der Waals surface area contributed by atoms with Crippen LogP contribution in [0.4, 0.5) is 4.79 Å². The third-order valence-corrected chi connectivity index (χ3v) is 4.33. The Kier molecular flexibility index (Phi) is 10.3. The van der Waals surface area contributed by atoms with E-state index in [4.69, 9.17) is 14.2 Å². The smallest absolute Gasteiger partial charge is 0.407 e. The molecule has 30 heavy (non-hydrogen) atoms. The SMILES string of the molecule is COC(=O)[C@H](C)C[C@@H](NC[C@@H](Cc1ccccc1)NC(=O)OC(C)(C)C)C(=O)OC. The molecule has 168 valence electrons. The summed E-state index contributed by atoms with van der Waals surface area (Å²) >= 11 is 0. The molecular formula is C22H34N2O6. The molecule has 3 atom stereocenters. The Morgan fingerprint density at radius 3 is 2.13 bits per heavy atom. The van der Waals surface area contributed by atoms with Gasteiger partial charge in [-0.15, -0.1) is 0 Å². The van der Waals surface area contributed by atoms with Gasteiger partial charge in [0.15, 0.2) is 0 Å². The van der Waals surface area contributed by atoms with Crippen molar-refractivity contribution in [2.24, 2.45) is 5.92 Å². The first-order valence-corrected chi connectivity index (χ1v) is 9.98. The molecule has 0 spiro atoms. The normalized spacial score (nSPS) is 14.2. The van der Waals surface area contributed by atoms with Gasteiger partial charge in [-0.05, 0) is 39.2 Å². The van der Waals surface area contributed by atoms with Crippen LogP contribution in [-0.4, -0.2) is 56.5 Å². The van der Waals surface area contributed by atoms with Gasteiger partial charge >= 0.3 is 18.0 Å². The Bertz CT molecular complexity index is 687. The number of hydrogen-bond acceptors (Lipinski definition) is 7. The van der Waals surface area contributed by atoms with Gasteiger partial charge in [-0.3, -0.25) is 9.59 Å². The number of rotatable bonds is 10. The van der Waals surface area contributed by atoms with E-state index in [0.29, 0.717) is 6.42 Å². The van der Waals surface area contributed by atoms with Crippen molar-refractivity contribution < 1.29 is 28.6 Å². The molecular weight excluding hydrogens is 388 g/mol. The van der Waals surface area contributed by atoms with Crippen LogP contribution in [0.25, 0.3) is 0 Å². The number of carbonyl (C=O) groups excluding carboxylic acids is 3. The molecule has 0 saturated heterocycles. The predicted octanol–water partition coefficient (Wildman–Crippen LogP) is 2.45. The molecule has 2 N–H and O–H groups in total. The first kappa shape index (κ1) is 25.4. The van der Waals surface area contributed by atoms with E-state index in [2.05, 4.69) is 10.6 Å². The van der Waals surface area contributed by atoms with Gasteiger partial charge in [-0.2, -0.15) is 0 Å². The van der Waals surface area contributed by atoms with E-state index in [1.54, 1.807) is 27.7 Å². The van der Waals surface area contributed by atoms with Crippen molar-refractivity contribution >= 4 is 18.0 Å². The Balaban J connectivity index is 2.86. The van der Waals surface area contributed by atoms with Gasteiger partial charge in [0, 0.05) is 12.6 Å². The molecule has 1 aromatic carbocycles. The fourth-order valence-electron chi connectivity index (χ4n) is 2.89. The molecule has 0 aliphatic rings. The van der Waals surface area contributed by atoms with Crippen LogP contribution in [0.5, 0.6) is 0 Å². The Morgan fingerprint density at radius 2 is 1.60 bits per heavy atom. The van der Waals surface area contributed by atoms with Crippen LogP contribution in [0.3, 0.4) is 0 Å². The topological polar surface area (TPSA) is 103 Å². The highest BCUT2D eigenvalue weighted by molar-refractivity contribution is 5.78. The molecule has 1 rings (SSSR count). The molecule has 0 aromatic heterocycles. The quantitative estimate of drug-likeness (QED) is 0.441. The van der Waals surface area contributed by atoms with Gasteiger partial charge in [-0.25, -0.2) is 4.79 Å². The summed E-state index contributed by atoms with van der Waals surface area (Å²) in [5.41, 5.74) is 0.400. The van der Waals surface area contributed by atoms with E-state index in [1.165, 1.54) is 14.2 Å². The largest absolute Gasteiger partial charge is 0.469 e. The Hall–Kier alpha value is -2.61. The monoisotopic (exact) mass is 422 g/mol. The van der Waals surface area contributed by atoms with Crippen molar-refractivity contribution in [3.8, 4) is 0 Å². The number of hydrogen-bond donors (Lipinski definition) is 2. The summed E-state index contributed by atoms with van der Waals surface area (Å²) in [5, 5.41) is 5.97. The van der Waals surface area contributed by atoms with Gasteiger partial charge in [0.25, 0.3) is 0 Å². The van der Waals surface area contributed by atoms with Gasteiger partial charge in [-0.1, -0.05) is 37.3 Å². The number of alkyl carbamates (subject to hydrolysis) is 1. The lowest BCUT2D eigenvalue weighted by atomic mass is 10.0. The zero-order valence-corrected chi connectivity index (χ0v) is 18.7. The molecule has 0 heterocycles. The molecule has 0 unspecified atom stereocenters. The third-order valence-electron chi connectivity index (χ3n) is 4.33. The molecule has 1 aromatic rings. The van der Waals surface area contributed by atoms with Crippen molar-refractivity contribution in [3.05, 3.63) is 35.9 Å². The van der Waals surface area contributed by atoms with Crippen molar-refractivity contribution in [1.82, 2.24) is 10.6 Å². The second-order valence-corrected chi connectivity index (χ2v) is 8.18. The Labute approximate surface area is 178 Å². The average molecular weight is 423 g/mol. The highest BCUT2D eigenvalue weighted by atomic mass is 16.6. The summed E-state index contributed by atoms with van der Waals surface area (Å²) in [7, 11) is 2.60. The average Bonchev–Trinajstić information content (AvgIpc) is 2.68. The number of carbonyl (C=O) groups is 3. The highest BCUT2D eigenvalue weighted by Crippen LogP contribution is 2.11. The number of benzene rings is 1. The standard InChI is InChI=1S/C22H34N2O6/c1-15(19(25)28-5)12-18(20(26)29-6)23-14-17(13-16-10-8-7-9-11-16)24-21(27)30-22(2,3)4/h7-11,15,17-18,23H,12-14H2,1-6H3,(H,24,27)/t15-,17-,18-/m1/s1. The van der Waals surface area contributed by atoms with Crippen molar-refractivity contribution in [1.29, 1.82) is 0 Å². The summed E-state index contributed by atoms with van der Waals surface area (Å²) in [5.74, 6) is -1.38. The number of amides is 1. The van der Waals surface area contributed by atoms with E-state index in [1.807, 2.05) is 30.3 Å². The van der Waals surface area contributed by atoms with Gasteiger partial charge in [0.05, 0.1) is 20.1 Å². The summed E-state index contributed by atoms with van der Waals surface area (Å²) < 4.78 is 15.0. The minimum absolute atomic E-state index is 0.212. The van der Waals surface area contributed by atoms with E-state index < -0.39 is 35.6 Å². The number of ether oxygens (including phenoxy) is 3. The summed E-state index contributed by atoms with van der Waals surface area (Å²) in [4.78, 5) is 36.2. The minimum atomic E-state index is -0.720. The molecule has 0 bridgehead atoms.